The van der Waals surface area contributed by atoms with E-state index in [-0.39, 0.29) is 12.2 Å². The van der Waals surface area contributed by atoms with Gasteiger partial charge < -0.3 is 30.3 Å². The molecule has 332 valence electrons. The van der Waals surface area contributed by atoms with Gasteiger partial charge in [-0.1, -0.05) is 148 Å². The lowest BCUT2D eigenvalue weighted by Crippen LogP contribution is -2.40. The number of rotatable bonds is 5. The monoisotopic (exact) mass is 912 g/mol. The topological polar surface area (TPSA) is 91.9 Å². The highest BCUT2D eigenvalue weighted by molar-refractivity contribution is 9.09. The average Bonchev–Trinajstić information content (AvgIpc) is 3.54. The van der Waals surface area contributed by atoms with Gasteiger partial charge in [-0.05, 0) is 136 Å². The Balaban J connectivity index is 0.000000177. The van der Waals surface area contributed by atoms with Crippen molar-refractivity contribution in [3.05, 3.63) is 153 Å². The van der Waals surface area contributed by atoms with Crippen LogP contribution in [0.15, 0.2) is 108 Å². The van der Waals surface area contributed by atoms with E-state index < -0.39 is 11.2 Å². The molecule has 9 heteroatoms. The number of carbonyl (C=O) groups is 2. The Bertz CT molecular complexity index is 2210. The molecule has 63 heavy (non-hydrogen) atoms. The van der Waals surface area contributed by atoms with E-state index in [0.717, 1.165) is 63.7 Å². The first-order valence-electron chi connectivity index (χ1n) is 22.4. The Kier molecular flexibility index (Phi) is 16.8. The molecule has 2 aliphatic heterocycles. The maximum Gasteiger partial charge on any atom is 0.407 e. The fourth-order valence-corrected chi connectivity index (χ4v) is 8.46. The van der Waals surface area contributed by atoms with E-state index >= 15 is 0 Å². The van der Waals surface area contributed by atoms with E-state index in [9.17, 15) is 9.59 Å². The second-order valence-corrected chi connectivity index (χ2v) is 18.9. The van der Waals surface area contributed by atoms with Crippen LogP contribution < -0.4 is 16.0 Å². The van der Waals surface area contributed by atoms with Gasteiger partial charge in [0.15, 0.2) is 0 Å². The highest BCUT2D eigenvalue weighted by Gasteiger charge is 2.24. The van der Waals surface area contributed by atoms with Gasteiger partial charge in [-0.2, -0.15) is 0 Å². The van der Waals surface area contributed by atoms with E-state index in [2.05, 4.69) is 158 Å². The third kappa shape index (κ3) is 13.9. The minimum absolute atomic E-state index is 0.341. The summed E-state index contributed by atoms with van der Waals surface area (Å²) in [6, 6.07) is 35.0. The second-order valence-electron chi connectivity index (χ2n) is 18.1. The third-order valence-corrected chi connectivity index (χ3v) is 11.4. The molecule has 3 N–H and O–H groups in total. The first-order chi connectivity index (χ1) is 30.3. The van der Waals surface area contributed by atoms with Crippen LogP contribution in [0.3, 0.4) is 0 Å². The third-order valence-electron chi connectivity index (χ3n) is 11.0. The maximum absolute atomic E-state index is 11.9. The number of hydrogen-bond acceptors (Lipinski definition) is 6. The van der Waals surface area contributed by atoms with E-state index in [4.69, 9.17) is 9.47 Å². The summed E-state index contributed by atoms with van der Waals surface area (Å²) in [4.78, 5) is 25.1. The lowest BCUT2D eigenvalue weighted by atomic mass is 9.86. The Morgan fingerprint density at radius 2 is 0.905 bits per heavy atom. The molecule has 0 aromatic heterocycles. The summed E-state index contributed by atoms with van der Waals surface area (Å²) in [7, 11) is 0. The van der Waals surface area contributed by atoms with Gasteiger partial charge >= 0.3 is 12.2 Å². The summed E-state index contributed by atoms with van der Waals surface area (Å²) in [5.74, 6) is 0. The number of piperidine rings is 2. The van der Waals surface area contributed by atoms with Crippen LogP contribution in [-0.4, -0.2) is 79.4 Å². The highest BCUT2D eigenvalue weighted by atomic mass is 79.9. The number of amides is 2. The molecule has 4 aromatic carbocycles. The number of nitrogens with one attached hydrogen (secondary N) is 3. The van der Waals surface area contributed by atoms with Crippen molar-refractivity contribution in [3.8, 4) is 0 Å². The summed E-state index contributed by atoms with van der Waals surface area (Å²) >= 11 is 3.19. The average molecular weight is 914 g/mol. The normalized spacial score (nSPS) is 15.7. The van der Waals surface area contributed by atoms with Gasteiger partial charge in [-0.3, -0.25) is 0 Å². The minimum Gasteiger partial charge on any atom is -0.444 e. The Hall–Kier alpha value is -5.22. The van der Waals surface area contributed by atoms with E-state index in [1.807, 2.05) is 41.5 Å². The van der Waals surface area contributed by atoms with Crippen LogP contribution in [0.2, 0.25) is 0 Å². The van der Waals surface area contributed by atoms with Crippen LogP contribution in [0, 0.1) is 0 Å². The Morgan fingerprint density at radius 1 is 0.556 bits per heavy atom. The molecule has 0 radical (unpaired) electrons. The molecule has 0 unspecified atom stereocenters. The Labute approximate surface area is 384 Å². The molecule has 0 atom stereocenters. The number of likely N-dealkylation sites (tertiary alicyclic amines) is 1. The maximum atomic E-state index is 11.9. The molecule has 4 aromatic rings. The van der Waals surface area contributed by atoms with Gasteiger partial charge in [0, 0.05) is 38.1 Å². The molecular formula is C54H65BrN4O4. The predicted molar refractivity (Wildman–Crippen MR) is 266 cm³/mol. The first kappa shape index (κ1) is 47.3. The van der Waals surface area contributed by atoms with E-state index in [1.54, 1.807) is 5.57 Å². The number of alkyl carbamates (subject to hydrolysis) is 2. The predicted octanol–water partition coefficient (Wildman–Crippen LogP) is 11.9. The zero-order valence-corrected chi connectivity index (χ0v) is 39.6. The fraction of sp³-hybridized carbons (Fsp3) is 0.370. The first-order valence-corrected chi connectivity index (χ1v) is 23.5. The van der Waals surface area contributed by atoms with Crippen molar-refractivity contribution in [3.63, 3.8) is 0 Å². The van der Waals surface area contributed by atoms with Crippen molar-refractivity contribution in [1.82, 2.24) is 20.9 Å². The summed E-state index contributed by atoms with van der Waals surface area (Å²) in [6.45, 7) is 17.4. The van der Waals surface area contributed by atoms with E-state index in [1.165, 1.54) is 61.2 Å². The quantitative estimate of drug-likeness (QED) is 0.149. The van der Waals surface area contributed by atoms with E-state index in [0.29, 0.717) is 13.1 Å². The van der Waals surface area contributed by atoms with Crippen molar-refractivity contribution in [1.29, 1.82) is 0 Å². The molecule has 8 nitrogen and oxygen atoms in total. The van der Waals surface area contributed by atoms with Crippen LogP contribution in [0.1, 0.15) is 112 Å². The molecule has 4 aliphatic rings. The smallest absolute Gasteiger partial charge is 0.407 e. The van der Waals surface area contributed by atoms with Crippen LogP contribution in [-0.2, 0) is 9.47 Å². The number of carbonyl (C=O) groups excluding carboxylic acids is 2. The summed E-state index contributed by atoms with van der Waals surface area (Å²) in [5.41, 5.74) is 15.8. The molecule has 0 spiro atoms. The molecule has 2 heterocycles. The second kappa shape index (κ2) is 22.4. The molecule has 2 saturated heterocycles. The largest absolute Gasteiger partial charge is 0.444 e. The molecule has 8 rings (SSSR count). The number of ether oxygens (including phenoxy) is 2. The number of halogens is 1. The van der Waals surface area contributed by atoms with Crippen LogP contribution in [0.5, 0.6) is 0 Å². The Morgan fingerprint density at radius 3 is 1.27 bits per heavy atom. The van der Waals surface area contributed by atoms with Crippen LogP contribution in [0.4, 0.5) is 9.59 Å². The highest BCUT2D eigenvalue weighted by Crippen LogP contribution is 2.40. The molecule has 2 amide bonds. The van der Waals surface area contributed by atoms with Crippen molar-refractivity contribution in [2.75, 3.05) is 51.1 Å². The molecule has 2 fully saturated rings. The number of fused-ring (bicyclic) bond motifs is 4. The number of nitrogens with zero attached hydrogens (tertiary/aromatic N) is 1. The number of alkyl halides is 1. The van der Waals surface area contributed by atoms with Gasteiger partial charge in [0.2, 0.25) is 0 Å². The lowest BCUT2D eigenvalue weighted by Gasteiger charge is -2.30. The van der Waals surface area contributed by atoms with Crippen molar-refractivity contribution >= 4 is 63.6 Å². The zero-order valence-electron chi connectivity index (χ0n) is 38.0. The zero-order chi connectivity index (χ0) is 44.8. The van der Waals surface area contributed by atoms with Gasteiger partial charge in [0.05, 0.1) is 0 Å². The molecular weight excluding hydrogens is 849 g/mol. The minimum atomic E-state index is -0.462. The van der Waals surface area contributed by atoms with Crippen molar-refractivity contribution in [2.45, 2.75) is 78.4 Å². The standard InChI is InChI=1S/C27H32N2O2.C20H19N.C7H14BrNO2/c1-27(2,3)31-26(30)28-16-19-29-17-14-22(15-18-29)25-23-10-6-4-8-20(23)12-13-21-9-5-7-11-24(21)25;1-3-7-18-15(5-1)9-10-16-6-2-4-8-19(16)20(18)17-11-13-21-14-12-17;1-7(2,3)11-6(10)9-5-4-8/h4-13H,14-19H2,1-3H3,(H,28,30);1-10,21H,11-14H2;4-5H2,1-3H3,(H,9,10). The van der Waals surface area contributed by atoms with Crippen molar-refractivity contribution < 1.29 is 19.1 Å². The van der Waals surface area contributed by atoms with Gasteiger partial charge in [-0.25, -0.2) is 9.59 Å². The molecule has 0 bridgehead atoms. The lowest BCUT2D eigenvalue weighted by molar-refractivity contribution is 0.0514. The van der Waals surface area contributed by atoms with Crippen LogP contribution in [0.25, 0.3) is 35.5 Å². The molecule has 2 aliphatic carbocycles. The van der Waals surface area contributed by atoms with Gasteiger partial charge in [-0.15, -0.1) is 0 Å². The molecule has 0 saturated carbocycles. The summed E-state index contributed by atoms with van der Waals surface area (Å²) < 4.78 is 10.3. The fourth-order valence-electron chi connectivity index (χ4n) is 8.26. The van der Waals surface area contributed by atoms with Crippen molar-refractivity contribution in [2.24, 2.45) is 0 Å². The summed E-state index contributed by atoms with van der Waals surface area (Å²) in [6.07, 6.45) is 12.7. The number of benzene rings is 4. The summed E-state index contributed by atoms with van der Waals surface area (Å²) in [5, 5.41) is 9.66. The van der Waals surface area contributed by atoms with Gasteiger partial charge in [0.1, 0.15) is 11.2 Å². The number of hydrogen-bond donors (Lipinski definition) is 3. The SMILES string of the molecule is C1=Cc2ccccc2C(=C2CCNCC2)c2ccccc21.CC(C)(C)OC(=O)NCCBr.CC(C)(C)OC(=O)NCCN1CCC(=C2c3ccccc3C=Cc3ccccc32)CC1. The van der Waals surface area contributed by atoms with Crippen LogP contribution >= 0.6 is 15.9 Å². The van der Waals surface area contributed by atoms with Gasteiger partial charge in [0.25, 0.3) is 0 Å².